The quantitative estimate of drug-likeness (QED) is 0.876. The van der Waals surface area contributed by atoms with Crippen LogP contribution in [0, 0.1) is 25.2 Å². The van der Waals surface area contributed by atoms with Crippen LogP contribution < -0.4 is 4.74 Å². The molecule has 0 aliphatic carbocycles. The second-order valence-electron chi connectivity index (χ2n) is 4.02. The van der Waals surface area contributed by atoms with Crippen LogP contribution in [0.4, 0.5) is 0 Å². The minimum Gasteiger partial charge on any atom is -0.508 e. The highest BCUT2D eigenvalue weighted by molar-refractivity contribution is 5.43. The molecule has 90 valence electrons. The Hall–Kier alpha value is -2.54. The highest BCUT2D eigenvalue weighted by Crippen LogP contribution is 2.27. The van der Waals surface area contributed by atoms with Crippen molar-refractivity contribution in [2.45, 2.75) is 13.8 Å². The molecule has 18 heavy (non-hydrogen) atoms. The van der Waals surface area contributed by atoms with Crippen LogP contribution in [0.2, 0.25) is 0 Å². The van der Waals surface area contributed by atoms with Crippen molar-refractivity contribution in [3.63, 3.8) is 0 Å². The summed E-state index contributed by atoms with van der Waals surface area (Å²) in [5.41, 5.74) is 2.00. The number of phenols is 1. The molecule has 1 aromatic carbocycles. The number of benzene rings is 1. The van der Waals surface area contributed by atoms with Crippen LogP contribution >= 0.6 is 0 Å². The van der Waals surface area contributed by atoms with Gasteiger partial charge < -0.3 is 9.84 Å². The minimum atomic E-state index is 0.121. The summed E-state index contributed by atoms with van der Waals surface area (Å²) in [4.78, 5) is 4.17. The molecule has 2 aromatic rings. The molecule has 2 rings (SSSR count). The van der Waals surface area contributed by atoms with Crippen LogP contribution in [0.15, 0.2) is 30.3 Å². The molecule has 4 heteroatoms. The molecule has 0 aliphatic rings. The van der Waals surface area contributed by atoms with Gasteiger partial charge in [0.1, 0.15) is 23.1 Å². The summed E-state index contributed by atoms with van der Waals surface area (Å²) < 4.78 is 5.55. The summed E-state index contributed by atoms with van der Waals surface area (Å²) in [6.45, 7) is 3.67. The van der Waals surface area contributed by atoms with Crippen molar-refractivity contribution in [3.05, 3.63) is 47.2 Å². The molecule has 0 amide bonds. The number of phenolic OH excluding ortho intramolecular Hbond substituents is 1. The van der Waals surface area contributed by atoms with E-state index in [2.05, 4.69) is 4.98 Å². The van der Waals surface area contributed by atoms with E-state index >= 15 is 0 Å². The molecule has 0 saturated carbocycles. The molecule has 0 atom stereocenters. The van der Waals surface area contributed by atoms with Crippen molar-refractivity contribution in [1.82, 2.24) is 4.98 Å². The number of aromatic nitrogens is 1. The molecule has 0 bridgehead atoms. The molecule has 0 radical (unpaired) electrons. The van der Waals surface area contributed by atoms with Gasteiger partial charge in [0, 0.05) is 11.8 Å². The molecule has 0 saturated heterocycles. The van der Waals surface area contributed by atoms with Gasteiger partial charge in [-0.15, -0.1) is 0 Å². The number of hydrogen-bond acceptors (Lipinski definition) is 4. The first-order valence-corrected chi connectivity index (χ1v) is 5.45. The fraction of sp³-hybridized carbons (Fsp3) is 0.143. The fourth-order valence-corrected chi connectivity index (χ4v) is 1.59. The van der Waals surface area contributed by atoms with Crippen LogP contribution in [0.1, 0.15) is 16.8 Å². The van der Waals surface area contributed by atoms with Crippen LogP contribution in [0.3, 0.4) is 0 Å². The fourth-order valence-electron chi connectivity index (χ4n) is 1.59. The van der Waals surface area contributed by atoms with E-state index in [1.165, 1.54) is 6.07 Å². The minimum absolute atomic E-state index is 0.121. The van der Waals surface area contributed by atoms with Gasteiger partial charge in [-0.3, -0.25) is 0 Å². The van der Waals surface area contributed by atoms with E-state index in [9.17, 15) is 5.11 Å². The maximum atomic E-state index is 9.49. The first kappa shape index (κ1) is 11.9. The van der Waals surface area contributed by atoms with E-state index in [0.29, 0.717) is 11.3 Å². The van der Waals surface area contributed by atoms with Gasteiger partial charge in [-0.05, 0) is 43.7 Å². The van der Waals surface area contributed by atoms with E-state index in [1.807, 2.05) is 19.9 Å². The second kappa shape index (κ2) is 4.76. The maximum absolute atomic E-state index is 9.49. The lowest BCUT2D eigenvalue weighted by molar-refractivity contribution is 0.443. The lowest BCUT2D eigenvalue weighted by atomic mass is 10.2. The molecule has 0 aliphatic heterocycles. The summed E-state index contributed by atoms with van der Waals surface area (Å²) in [7, 11) is 0. The molecule has 0 fully saturated rings. The number of hydrogen-bond donors (Lipinski definition) is 1. The Kier molecular flexibility index (Phi) is 3.16. The standard InChI is InChI=1S/C14H12N2O2/c1-9-5-12(17)7-13(6-9)18-14-11(8-15)4-3-10(2)16-14/h3-7,17H,1-2H3. The van der Waals surface area contributed by atoms with Gasteiger partial charge in [0.15, 0.2) is 0 Å². The molecule has 1 N–H and O–H groups in total. The average molecular weight is 240 g/mol. The van der Waals surface area contributed by atoms with Crippen LogP contribution in [-0.2, 0) is 0 Å². The Labute approximate surface area is 105 Å². The highest BCUT2D eigenvalue weighted by Gasteiger charge is 2.08. The summed E-state index contributed by atoms with van der Waals surface area (Å²) in [5.74, 6) is 0.834. The highest BCUT2D eigenvalue weighted by atomic mass is 16.5. The Morgan fingerprint density at radius 3 is 2.67 bits per heavy atom. The van der Waals surface area contributed by atoms with E-state index in [0.717, 1.165) is 11.3 Å². The molecular formula is C14H12N2O2. The number of aromatic hydroxyl groups is 1. The lowest BCUT2D eigenvalue weighted by Crippen LogP contribution is -1.94. The molecule has 0 spiro atoms. The van der Waals surface area contributed by atoms with Crippen molar-refractivity contribution in [3.8, 4) is 23.4 Å². The smallest absolute Gasteiger partial charge is 0.237 e. The molecule has 0 unspecified atom stereocenters. The van der Waals surface area contributed by atoms with Crippen molar-refractivity contribution in [1.29, 1.82) is 5.26 Å². The van der Waals surface area contributed by atoms with Gasteiger partial charge in [-0.2, -0.15) is 5.26 Å². The van der Waals surface area contributed by atoms with Gasteiger partial charge in [0.05, 0.1) is 0 Å². The number of aryl methyl sites for hydroxylation is 2. The van der Waals surface area contributed by atoms with Crippen LogP contribution in [0.25, 0.3) is 0 Å². The predicted octanol–water partition coefficient (Wildman–Crippen LogP) is 3.07. The molecule has 1 heterocycles. The zero-order valence-electron chi connectivity index (χ0n) is 10.1. The Bertz CT molecular complexity index is 610. The normalized spacial score (nSPS) is 9.83. The SMILES string of the molecule is Cc1cc(O)cc(Oc2nc(C)ccc2C#N)c1. The Morgan fingerprint density at radius 1 is 1.22 bits per heavy atom. The summed E-state index contributed by atoms with van der Waals surface area (Å²) in [6.07, 6.45) is 0. The third kappa shape index (κ3) is 2.58. The largest absolute Gasteiger partial charge is 0.508 e. The topological polar surface area (TPSA) is 66.1 Å². The van der Waals surface area contributed by atoms with Gasteiger partial charge in [0.2, 0.25) is 5.88 Å². The average Bonchev–Trinajstić information content (AvgIpc) is 2.27. The Morgan fingerprint density at radius 2 is 2.00 bits per heavy atom. The van der Waals surface area contributed by atoms with Crippen molar-refractivity contribution < 1.29 is 9.84 Å². The van der Waals surface area contributed by atoms with Gasteiger partial charge in [0.25, 0.3) is 0 Å². The first-order chi connectivity index (χ1) is 8.58. The van der Waals surface area contributed by atoms with Gasteiger partial charge >= 0.3 is 0 Å². The number of nitrogens with zero attached hydrogens (tertiary/aromatic N) is 2. The number of ether oxygens (including phenoxy) is 1. The monoisotopic (exact) mass is 240 g/mol. The summed E-state index contributed by atoms with van der Waals surface area (Å²) >= 11 is 0. The van der Waals surface area contributed by atoms with Crippen molar-refractivity contribution in [2.24, 2.45) is 0 Å². The van der Waals surface area contributed by atoms with Crippen LogP contribution in [-0.4, -0.2) is 10.1 Å². The predicted molar refractivity (Wildman–Crippen MR) is 66.6 cm³/mol. The number of nitriles is 1. The van der Waals surface area contributed by atoms with E-state index < -0.39 is 0 Å². The molecule has 4 nitrogen and oxygen atoms in total. The van der Waals surface area contributed by atoms with E-state index in [-0.39, 0.29) is 11.6 Å². The lowest BCUT2D eigenvalue weighted by Gasteiger charge is -2.08. The van der Waals surface area contributed by atoms with E-state index in [4.69, 9.17) is 10.00 Å². The van der Waals surface area contributed by atoms with Gasteiger partial charge in [-0.25, -0.2) is 4.98 Å². The van der Waals surface area contributed by atoms with E-state index in [1.54, 1.807) is 24.3 Å². The zero-order valence-corrected chi connectivity index (χ0v) is 10.1. The summed E-state index contributed by atoms with van der Waals surface area (Å²) in [6, 6.07) is 10.3. The first-order valence-electron chi connectivity index (χ1n) is 5.45. The second-order valence-corrected chi connectivity index (χ2v) is 4.02. The molecule has 1 aromatic heterocycles. The maximum Gasteiger partial charge on any atom is 0.237 e. The zero-order chi connectivity index (χ0) is 13.1. The molecular weight excluding hydrogens is 228 g/mol. The number of pyridine rings is 1. The van der Waals surface area contributed by atoms with Crippen molar-refractivity contribution in [2.75, 3.05) is 0 Å². The van der Waals surface area contributed by atoms with Crippen molar-refractivity contribution >= 4 is 0 Å². The van der Waals surface area contributed by atoms with Gasteiger partial charge in [-0.1, -0.05) is 0 Å². The van der Waals surface area contributed by atoms with Crippen LogP contribution in [0.5, 0.6) is 17.4 Å². The third-order valence-electron chi connectivity index (χ3n) is 2.37. The number of rotatable bonds is 2. The Balaban J connectivity index is 2.39. The summed E-state index contributed by atoms with van der Waals surface area (Å²) in [5, 5.41) is 18.5. The third-order valence-corrected chi connectivity index (χ3v) is 2.37.